The number of nitrogens with zero attached hydrogens (tertiary/aromatic N) is 2. The Balaban J connectivity index is 1.96. The molecule has 2 atom stereocenters. The Morgan fingerprint density at radius 1 is 1.18 bits per heavy atom. The molecular formula is C19H15F3N2O4. The predicted octanol–water partition coefficient (Wildman–Crippen LogP) is 3.17. The van der Waals surface area contributed by atoms with Gasteiger partial charge in [0.05, 0.1) is 34.0 Å². The molecule has 2 aliphatic rings. The Bertz CT molecular complexity index is 1070. The van der Waals surface area contributed by atoms with E-state index in [2.05, 4.69) is 0 Å². The molecule has 2 unspecified atom stereocenters. The van der Waals surface area contributed by atoms with Gasteiger partial charge in [-0.3, -0.25) is 4.57 Å². The molecule has 1 aromatic carbocycles. The fourth-order valence-corrected chi connectivity index (χ4v) is 4.10. The second-order valence-corrected chi connectivity index (χ2v) is 6.98. The van der Waals surface area contributed by atoms with Gasteiger partial charge in [-0.05, 0) is 37.3 Å². The van der Waals surface area contributed by atoms with Crippen molar-refractivity contribution < 1.29 is 33.2 Å². The second kappa shape index (κ2) is 5.53. The molecule has 0 aliphatic carbocycles. The first-order valence-corrected chi connectivity index (χ1v) is 8.39. The number of alkyl halides is 3. The number of benzene rings is 1. The van der Waals surface area contributed by atoms with Gasteiger partial charge in [-0.15, -0.1) is 0 Å². The number of hydrogen-bond donors (Lipinski definition) is 3. The van der Waals surface area contributed by atoms with E-state index in [-0.39, 0.29) is 29.8 Å². The van der Waals surface area contributed by atoms with Crippen LogP contribution >= 0.6 is 0 Å². The van der Waals surface area contributed by atoms with Gasteiger partial charge in [-0.2, -0.15) is 18.4 Å². The summed E-state index contributed by atoms with van der Waals surface area (Å²) in [5.74, 6) is -0.941. The lowest BCUT2D eigenvalue weighted by Crippen LogP contribution is -2.24. The minimum absolute atomic E-state index is 0.101. The van der Waals surface area contributed by atoms with Gasteiger partial charge < -0.3 is 20.1 Å². The number of aromatic hydroxyl groups is 2. The summed E-state index contributed by atoms with van der Waals surface area (Å²) in [6.07, 6.45) is -1.34. The Hall–Kier alpha value is -2.96. The van der Waals surface area contributed by atoms with Crippen molar-refractivity contribution in [3.05, 3.63) is 52.6 Å². The number of fused-ring (bicyclic) bond motifs is 5. The first-order chi connectivity index (χ1) is 13.1. The zero-order valence-corrected chi connectivity index (χ0v) is 14.6. The molecule has 146 valence electrons. The van der Waals surface area contributed by atoms with Crippen molar-refractivity contribution in [2.75, 3.05) is 6.61 Å². The SMILES string of the molecule is CC12C=CC(CCO)(O1)c1c2c(O)n(-c2ccc(C#N)c(C(F)(F)F)c2)c1O. The molecular weight excluding hydrogens is 377 g/mol. The van der Waals surface area contributed by atoms with Crippen molar-refractivity contribution in [3.63, 3.8) is 0 Å². The minimum atomic E-state index is -4.78. The van der Waals surface area contributed by atoms with E-state index in [0.29, 0.717) is 6.07 Å². The monoisotopic (exact) mass is 392 g/mol. The van der Waals surface area contributed by atoms with Crippen molar-refractivity contribution in [1.82, 2.24) is 4.57 Å². The van der Waals surface area contributed by atoms with Gasteiger partial charge in [0.25, 0.3) is 0 Å². The Kier molecular flexibility index (Phi) is 3.63. The van der Waals surface area contributed by atoms with E-state index in [1.807, 2.05) is 0 Å². The summed E-state index contributed by atoms with van der Waals surface area (Å²) in [7, 11) is 0. The highest BCUT2D eigenvalue weighted by Gasteiger charge is 2.58. The topological polar surface area (TPSA) is 98.6 Å². The molecule has 6 nitrogen and oxygen atoms in total. The maximum Gasteiger partial charge on any atom is 0.417 e. The van der Waals surface area contributed by atoms with Crippen LogP contribution in [0.5, 0.6) is 11.8 Å². The predicted molar refractivity (Wildman–Crippen MR) is 89.8 cm³/mol. The van der Waals surface area contributed by atoms with Crippen LogP contribution in [0.3, 0.4) is 0 Å². The summed E-state index contributed by atoms with van der Waals surface area (Å²) in [4.78, 5) is 0. The lowest BCUT2D eigenvalue weighted by atomic mass is 9.83. The van der Waals surface area contributed by atoms with E-state index in [0.717, 1.165) is 10.6 Å². The summed E-state index contributed by atoms with van der Waals surface area (Å²) in [5, 5.41) is 39.9. The van der Waals surface area contributed by atoms with E-state index < -0.39 is 40.3 Å². The fourth-order valence-electron chi connectivity index (χ4n) is 4.10. The number of aliphatic hydroxyl groups is 1. The molecule has 2 aromatic rings. The normalized spacial score (nSPS) is 25.1. The highest BCUT2D eigenvalue weighted by atomic mass is 19.4. The van der Waals surface area contributed by atoms with Crippen LogP contribution in [0.15, 0.2) is 30.4 Å². The maximum atomic E-state index is 13.3. The molecule has 3 heterocycles. The van der Waals surface area contributed by atoms with E-state index in [9.17, 15) is 28.5 Å². The number of aromatic nitrogens is 1. The minimum Gasteiger partial charge on any atom is -0.494 e. The van der Waals surface area contributed by atoms with Crippen molar-refractivity contribution in [3.8, 4) is 23.5 Å². The second-order valence-electron chi connectivity index (χ2n) is 6.98. The summed E-state index contributed by atoms with van der Waals surface area (Å²) in [5.41, 5.74) is -3.71. The average molecular weight is 392 g/mol. The molecule has 0 amide bonds. The van der Waals surface area contributed by atoms with Crippen LogP contribution in [-0.4, -0.2) is 26.5 Å². The molecule has 0 spiro atoms. The van der Waals surface area contributed by atoms with Crippen LogP contribution in [0, 0.1) is 11.3 Å². The van der Waals surface area contributed by atoms with Gasteiger partial charge in [0, 0.05) is 13.0 Å². The van der Waals surface area contributed by atoms with Crippen LogP contribution in [0.1, 0.15) is 35.6 Å². The molecule has 4 rings (SSSR count). The van der Waals surface area contributed by atoms with Gasteiger partial charge >= 0.3 is 6.18 Å². The van der Waals surface area contributed by atoms with Crippen LogP contribution in [0.4, 0.5) is 13.2 Å². The van der Waals surface area contributed by atoms with E-state index in [1.165, 1.54) is 12.1 Å². The number of halogens is 3. The molecule has 28 heavy (non-hydrogen) atoms. The highest BCUT2D eigenvalue weighted by molar-refractivity contribution is 5.64. The third kappa shape index (κ3) is 2.22. The number of rotatable bonds is 3. The van der Waals surface area contributed by atoms with Crippen LogP contribution < -0.4 is 0 Å². The van der Waals surface area contributed by atoms with Gasteiger partial charge in [0.15, 0.2) is 0 Å². The molecule has 0 saturated heterocycles. The van der Waals surface area contributed by atoms with Gasteiger partial charge in [-0.25, -0.2) is 0 Å². The molecule has 2 bridgehead atoms. The highest BCUT2D eigenvalue weighted by Crippen LogP contribution is 2.62. The summed E-state index contributed by atoms with van der Waals surface area (Å²) < 4.78 is 46.7. The third-order valence-electron chi connectivity index (χ3n) is 5.28. The zero-order chi connectivity index (χ0) is 20.5. The Morgan fingerprint density at radius 2 is 1.86 bits per heavy atom. The molecule has 1 aromatic heterocycles. The maximum absolute atomic E-state index is 13.3. The molecule has 2 aliphatic heterocycles. The zero-order valence-electron chi connectivity index (χ0n) is 14.6. The fraction of sp³-hybridized carbons (Fsp3) is 0.316. The summed E-state index contributed by atoms with van der Waals surface area (Å²) >= 11 is 0. The van der Waals surface area contributed by atoms with Gasteiger partial charge in [0.2, 0.25) is 11.8 Å². The summed E-state index contributed by atoms with van der Waals surface area (Å²) in [6.45, 7) is 1.39. The van der Waals surface area contributed by atoms with E-state index >= 15 is 0 Å². The lowest BCUT2D eigenvalue weighted by molar-refractivity contribution is -0.137. The molecule has 0 saturated carbocycles. The van der Waals surface area contributed by atoms with Crippen molar-refractivity contribution in [2.45, 2.75) is 30.7 Å². The molecule has 3 N–H and O–H groups in total. The van der Waals surface area contributed by atoms with Crippen molar-refractivity contribution in [2.24, 2.45) is 0 Å². The average Bonchev–Trinajstić information content (AvgIpc) is 3.19. The molecule has 9 heteroatoms. The molecule has 0 radical (unpaired) electrons. The number of aliphatic hydroxyl groups excluding tert-OH is 1. The van der Waals surface area contributed by atoms with Crippen LogP contribution in [-0.2, 0) is 22.1 Å². The number of hydrogen-bond acceptors (Lipinski definition) is 5. The van der Waals surface area contributed by atoms with Gasteiger partial charge in [-0.1, -0.05) is 0 Å². The smallest absolute Gasteiger partial charge is 0.417 e. The lowest BCUT2D eigenvalue weighted by Gasteiger charge is -2.24. The van der Waals surface area contributed by atoms with Crippen molar-refractivity contribution in [1.29, 1.82) is 5.26 Å². The first-order valence-electron chi connectivity index (χ1n) is 8.39. The van der Waals surface area contributed by atoms with E-state index in [1.54, 1.807) is 19.1 Å². The number of ether oxygens (including phenoxy) is 1. The van der Waals surface area contributed by atoms with E-state index in [4.69, 9.17) is 10.00 Å². The van der Waals surface area contributed by atoms with Crippen molar-refractivity contribution >= 4 is 0 Å². The Labute approximate surface area is 157 Å². The quantitative estimate of drug-likeness (QED) is 0.697. The molecule has 0 fully saturated rings. The van der Waals surface area contributed by atoms with Crippen LogP contribution in [0.25, 0.3) is 5.69 Å². The third-order valence-corrected chi connectivity index (χ3v) is 5.28. The Morgan fingerprint density at radius 3 is 2.46 bits per heavy atom. The standard InChI is InChI=1S/C19H15F3N2O4/c1-17-4-5-18(28-17,6-7-25)14-13(17)15(26)24(16(14)27)11-3-2-10(9-23)12(8-11)19(20,21)22/h2-5,8,25-27H,6-7H2,1H3. The number of nitriles is 1. The first kappa shape index (κ1) is 18.4. The summed E-state index contributed by atoms with van der Waals surface area (Å²) in [6, 6.07) is 4.38. The van der Waals surface area contributed by atoms with Gasteiger partial charge in [0.1, 0.15) is 11.2 Å². The van der Waals surface area contributed by atoms with Crippen LogP contribution in [0.2, 0.25) is 0 Å². The largest absolute Gasteiger partial charge is 0.494 e.